The number of amides is 4. The SMILES string of the molecule is NS(=O)(=O)c1ccc(NC(=O)CN2C(=O)N[C@H](C3CCCCC3)C2=O)cc1. The summed E-state index contributed by atoms with van der Waals surface area (Å²) in [6.07, 6.45) is 5.01. The van der Waals surface area contributed by atoms with Crippen LogP contribution in [0.2, 0.25) is 0 Å². The molecule has 3 rings (SSSR count). The van der Waals surface area contributed by atoms with Gasteiger partial charge in [0.15, 0.2) is 0 Å². The number of nitrogens with two attached hydrogens (primary N) is 1. The second kappa shape index (κ2) is 7.65. The average Bonchev–Trinajstić information content (AvgIpc) is 2.90. The van der Waals surface area contributed by atoms with Crippen molar-refractivity contribution in [2.24, 2.45) is 11.1 Å². The molecule has 1 aromatic carbocycles. The molecule has 1 heterocycles. The Balaban J connectivity index is 1.60. The third kappa shape index (κ3) is 4.45. The van der Waals surface area contributed by atoms with Gasteiger partial charge >= 0.3 is 6.03 Å². The van der Waals surface area contributed by atoms with Crippen molar-refractivity contribution in [2.45, 2.75) is 43.0 Å². The van der Waals surface area contributed by atoms with Crippen LogP contribution in [0.5, 0.6) is 0 Å². The van der Waals surface area contributed by atoms with Crippen LogP contribution in [0.1, 0.15) is 32.1 Å². The molecule has 0 bridgehead atoms. The number of nitrogens with zero attached hydrogens (tertiary/aromatic N) is 1. The fraction of sp³-hybridized carbons (Fsp3) is 0.471. The van der Waals surface area contributed by atoms with E-state index in [1.807, 2.05) is 0 Å². The van der Waals surface area contributed by atoms with E-state index in [9.17, 15) is 22.8 Å². The van der Waals surface area contributed by atoms with Crippen molar-refractivity contribution in [3.63, 3.8) is 0 Å². The van der Waals surface area contributed by atoms with Gasteiger partial charge in [0.25, 0.3) is 5.91 Å². The number of carbonyl (C=O) groups excluding carboxylic acids is 3. The van der Waals surface area contributed by atoms with E-state index >= 15 is 0 Å². The van der Waals surface area contributed by atoms with Crippen molar-refractivity contribution in [1.29, 1.82) is 0 Å². The second-order valence-electron chi connectivity index (χ2n) is 6.87. The Bertz CT molecular complexity index is 847. The highest BCUT2D eigenvalue weighted by Crippen LogP contribution is 2.29. The van der Waals surface area contributed by atoms with Crippen LogP contribution in [-0.2, 0) is 19.6 Å². The number of sulfonamides is 1. The molecule has 1 saturated carbocycles. The van der Waals surface area contributed by atoms with Crippen LogP contribution in [0.25, 0.3) is 0 Å². The minimum Gasteiger partial charge on any atom is -0.326 e. The van der Waals surface area contributed by atoms with Crippen LogP contribution in [0.3, 0.4) is 0 Å². The summed E-state index contributed by atoms with van der Waals surface area (Å²) in [4.78, 5) is 37.7. The van der Waals surface area contributed by atoms with Crippen molar-refractivity contribution in [3.05, 3.63) is 24.3 Å². The number of imide groups is 1. The molecule has 2 aliphatic rings. The first kappa shape index (κ1) is 19.3. The predicted octanol–water partition coefficient (Wildman–Crippen LogP) is 0.773. The van der Waals surface area contributed by atoms with E-state index in [0.717, 1.165) is 37.0 Å². The molecule has 1 aliphatic carbocycles. The molecular formula is C17H22N4O5S. The molecule has 4 amide bonds. The lowest BCUT2D eigenvalue weighted by Crippen LogP contribution is -2.40. The Hall–Kier alpha value is -2.46. The first-order valence-corrected chi connectivity index (χ1v) is 10.3. The fourth-order valence-corrected chi connectivity index (χ4v) is 4.06. The van der Waals surface area contributed by atoms with Crippen LogP contribution >= 0.6 is 0 Å². The van der Waals surface area contributed by atoms with E-state index in [1.54, 1.807) is 0 Å². The number of benzene rings is 1. The smallest absolute Gasteiger partial charge is 0.325 e. The van der Waals surface area contributed by atoms with Crippen LogP contribution in [-0.4, -0.2) is 43.7 Å². The zero-order chi connectivity index (χ0) is 19.6. The molecule has 1 saturated heterocycles. The van der Waals surface area contributed by atoms with Crippen LogP contribution < -0.4 is 15.8 Å². The lowest BCUT2D eigenvalue weighted by molar-refractivity contribution is -0.131. The summed E-state index contributed by atoms with van der Waals surface area (Å²) < 4.78 is 22.5. The maximum absolute atomic E-state index is 12.5. The fourth-order valence-electron chi connectivity index (χ4n) is 3.55. The first-order chi connectivity index (χ1) is 12.8. The van der Waals surface area contributed by atoms with Gasteiger partial charge in [-0.3, -0.25) is 14.5 Å². The maximum atomic E-state index is 12.5. The number of carbonyl (C=O) groups is 3. The molecule has 2 fully saturated rings. The number of urea groups is 1. The van der Waals surface area contributed by atoms with Gasteiger partial charge in [0, 0.05) is 5.69 Å². The number of rotatable bonds is 5. The Morgan fingerprint density at radius 2 is 1.78 bits per heavy atom. The van der Waals surface area contributed by atoms with Crippen LogP contribution in [0.15, 0.2) is 29.2 Å². The summed E-state index contributed by atoms with van der Waals surface area (Å²) in [7, 11) is -3.82. The summed E-state index contributed by atoms with van der Waals surface area (Å²) in [6.45, 7) is -0.398. The van der Waals surface area contributed by atoms with Crippen LogP contribution in [0.4, 0.5) is 10.5 Å². The Morgan fingerprint density at radius 3 is 2.37 bits per heavy atom. The monoisotopic (exact) mass is 394 g/mol. The van der Waals surface area contributed by atoms with Gasteiger partial charge in [-0.2, -0.15) is 0 Å². The first-order valence-electron chi connectivity index (χ1n) is 8.80. The van der Waals surface area contributed by atoms with Gasteiger partial charge in [-0.1, -0.05) is 19.3 Å². The third-order valence-corrected chi connectivity index (χ3v) is 5.88. The Kier molecular flexibility index (Phi) is 5.47. The van der Waals surface area contributed by atoms with E-state index in [-0.39, 0.29) is 16.7 Å². The van der Waals surface area contributed by atoms with E-state index < -0.39 is 34.5 Å². The molecule has 0 spiro atoms. The van der Waals surface area contributed by atoms with Gasteiger partial charge in [-0.15, -0.1) is 0 Å². The molecule has 0 unspecified atom stereocenters. The summed E-state index contributed by atoms with van der Waals surface area (Å²) >= 11 is 0. The van der Waals surface area contributed by atoms with Crippen molar-refractivity contribution < 1.29 is 22.8 Å². The number of hydrogen-bond acceptors (Lipinski definition) is 5. The lowest BCUT2D eigenvalue weighted by Gasteiger charge is -2.25. The minimum absolute atomic E-state index is 0.0788. The molecule has 4 N–H and O–H groups in total. The number of primary sulfonamides is 1. The standard InChI is InChI=1S/C17H22N4O5S/c18-27(25,26)13-8-6-12(7-9-13)19-14(22)10-21-16(23)15(20-17(21)24)11-4-2-1-3-5-11/h6-9,11,15H,1-5,10H2,(H,19,22)(H,20,24)(H2,18,25,26)/t15-/m1/s1. The predicted molar refractivity (Wildman–Crippen MR) is 97.1 cm³/mol. The summed E-state index contributed by atoms with van der Waals surface area (Å²) in [5.74, 6) is -0.799. The Morgan fingerprint density at radius 1 is 1.15 bits per heavy atom. The highest BCUT2D eigenvalue weighted by Gasteiger charge is 2.43. The van der Waals surface area contributed by atoms with E-state index in [1.165, 1.54) is 24.3 Å². The van der Waals surface area contributed by atoms with Crippen molar-refractivity contribution in [1.82, 2.24) is 10.2 Å². The summed E-state index contributed by atoms with van der Waals surface area (Å²) in [5.41, 5.74) is 0.336. The van der Waals surface area contributed by atoms with Crippen LogP contribution in [0, 0.1) is 5.92 Å². The molecule has 10 heteroatoms. The normalized spacial score (nSPS) is 21.2. The zero-order valence-corrected chi connectivity index (χ0v) is 15.5. The highest BCUT2D eigenvalue weighted by atomic mass is 32.2. The third-order valence-electron chi connectivity index (χ3n) is 4.95. The molecule has 27 heavy (non-hydrogen) atoms. The molecular weight excluding hydrogens is 372 g/mol. The molecule has 0 aromatic heterocycles. The molecule has 1 atom stereocenters. The second-order valence-corrected chi connectivity index (χ2v) is 8.43. The van der Waals surface area contributed by atoms with Gasteiger partial charge in [0.05, 0.1) is 4.90 Å². The number of nitrogens with one attached hydrogen (secondary N) is 2. The molecule has 146 valence electrons. The number of anilines is 1. The van der Waals surface area contributed by atoms with Crippen molar-refractivity contribution in [3.8, 4) is 0 Å². The van der Waals surface area contributed by atoms with Gasteiger partial charge in [-0.05, 0) is 43.0 Å². The summed E-state index contributed by atoms with van der Waals surface area (Å²) in [5, 5.41) is 10.2. The largest absolute Gasteiger partial charge is 0.326 e. The molecule has 1 aliphatic heterocycles. The minimum atomic E-state index is -3.82. The van der Waals surface area contributed by atoms with Crippen molar-refractivity contribution in [2.75, 3.05) is 11.9 Å². The quantitative estimate of drug-likeness (QED) is 0.633. The Labute approximate surface area is 157 Å². The molecule has 9 nitrogen and oxygen atoms in total. The van der Waals surface area contributed by atoms with Gasteiger partial charge < -0.3 is 10.6 Å². The topological polar surface area (TPSA) is 139 Å². The maximum Gasteiger partial charge on any atom is 0.325 e. The molecule has 1 aromatic rings. The van der Waals surface area contributed by atoms with Gasteiger partial charge in [0.2, 0.25) is 15.9 Å². The summed E-state index contributed by atoms with van der Waals surface area (Å²) in [6, 6.07) is 4.17. The zero-order valence-electron chi connectivity index (χ0n) is 14.7. The average molecular weight is 394 g/mol. The van der Waals surface area contributed by atoms with E-state index in [0.29, 0.717) is 5.69 Å². The number of hydrogen-bond donors (Lipinski definition) is 3. The molecule has 0 radical (unpaired) electrons. The van der Waals surface area contributed by atoms with E-state index in [2.05, 4.69) is 10.6 Å². The van der Waals surface area contributed by atoms with Gasteiger partial charge in [0.1, 0.15) is 12.6 Å². The highest BCUT2D eigenvalue weighted by molar-refractivity contribution is 7.89. The van der Waals surface area contributed by atoms with Crippen molar-refractivity contribution >= 4 is 33.6 Å². The van der Waals surface area contributed by atoms with E-state index in [4.69, 9.17) is 5.14 Å². The lowest BCUT2D eigenvalue weighted by atomic mass is 9.84. The van der Waals surface area contributed by atoms with Gasteiger partial charge in [-0.25, -0.2) is 18.4 Å².